The molecule has 15 heavy (non-hydrogen) atoms. The second-order valence-electron chi connectivity index (χ2n) is 3.03. The molecule has 0 aliphatic carbocycles. The molecular weight excluding hydrogens is 192 g/mol. The molecule has 1 aromatic rings. The standard InChI is InChI=1S/C11H8N2O2/c12-6-9-3-1-8(2-4-9)5-10(7-13)11(14)15/h1-4,10H,5H2,(H,14,15)/t10-/m0/s1. The highest BCUT2D eigenvalue weighted by Gasteiger charge is 2.16. The van der Waals surface area contributed by atoms with Crippen LogP contribution in [-0.4, -0.2) is 11.1 Å². The van der Waals surface area contributed by atoms with E-state index in [4.69, 9.17) is 15.6 Å². The van der Waals surface area contributed by atoms with Crippen LogP contribution in [-0.2, 0) is 11.2 Å². The predicted octanol–water partition coefficient (Wildman–Crippen LogP) is 1.33. The van der Waals surface area contributed by atoms with Crippen molar-refractivity contribution < 1.29 is 9.90 Å². The van der Waals surface area contributed by atoms with Gasteiger partial charge in [-0.05, 0) is 24.1 Å². The molecule has 0 bridgehead atoms. The molecule has 0 saturated carbocycles. The van der Waals surface area contributed by atoms with Crippen molar-refractivity contribution in [1.82, 2.24) is 0 Å². The number of nitriles is 2. The van der Waals surface area contributed by atoms with Gasteiger partial charge in [0, 0.05) is 0 Å². The van der Waals surface area contributed by atoms with E-state index in [0.717, 1.165) is 5.56 Å². The maximum Gasteiger partial charge on any atom is 0.321 e. The summed E-state index contributed by atoms with van der Waals surface area (Å²) in [7, 11) is 0. The van der Waals surface area contributed by atoms with Crippen LogP contribution >= 0.6 is 0 Å². The number of nitrogens with zero attached hydrogens (tertiary/aromatic N) is 2. The molecule has 0 radical (unpaired) electrons. The molecule has 1 aromatic carbocycles. The Morgan fingerprint density at radius 3 is 2.33 bits per heavy atom. The van der Waals surface area contributed by atoms with Gasteiger partial charge in [0.15, 0.2) is 0 Å². The zero-order valence-electron chi connectivity index (χ0n) is 7.84. The lowest BCUT2D eigenvalue weighted by Gasteiger charge is -2.03. The summed E-state index contributed by atoms with van der Waals surface area (Å²) in [5, 5.41) is 25.8. The number of carboxylic acids is 1. The smallest absolute Gasteiger partial charge is 0.321 e. The second-order valence-corrected chi connectivity index (χ2v) is 3.03. The Morgan fingerprint density at radius 2 is 1.93 bits per heavy atom. The fraction of sp³-hybridized carbons (Fsp3) is 0.182. The lowest BCUT2D eigenvalue weighted by Crippen LogP contribution is -2.14. The van der Waals surface area contributed by atoms with E-state index in [1.165, 1.54) is 0 Å². The van der Waals surface area contributed by atoms with Crippen molar-refractivity contribution in [3.05, 3.63) is 35.4 Å². The largest absolute Gasteiger partial charge is 0.480 e. The summed E-state index contributed by atoms with van der Waals surface area (Å²) < 4.78 is 0. The average Bonchev–Trinajstić information content (AvgIpc) is 2.26. The Hall–Kier alpha value is -2.33. The third-order valence-corrected chi connectivity index (χ3v) is 1.98. The third-order valence-electron chi connectivity index (χ3n) is 1.98. The molecule has 4 heteroatoms. The molecule has 74 valence electrons. The maximum atomic E-state index is 10.6. The van der Waals surface area contributed by atoms with Gasteiger partial charge in [-0.1, -0.05) is 12.1 Å². The summed E-state index contributed by atoms with van der Waals surface area (Å²) >= 11 is 0. The van der Waals surface area contributed by atoms with Gasteiger partial charge in [0.1, 0.15) is 5.92 Å². The fourth-order valence-corrected chi connectivity index (χ4v) is 1.14. The van der Waals surface area contributed by atoms with E-state index in [1.54, 1.807) is 30.3 Å². The van der Waals surface area contributed by atoms with Crippen LogP contribution in [0.1, 0.15) is 11.1 Å². The van der Waals surface area contributed by atoms with E-state index >= 15 is 0 Å². The van der Waals surface area contributed by atoms with Crippen LogP contribution in [0.2, 0.25) is 0 Å². The van der Waals surface area contributed by atoms with E-state index in [-0.39, 0.29) is 6.42 Å². The Bertz CT molecular complexity index is 437. The molecule has 0 aliphatic rings. The number of carbonyl (C=O) groups is 1. The highest BCUT2D eigenvalue weighted by Crippen LogP contribution is 2.09. The fourth-order valence-electron chi connectivity index (χ4n) is 1.14. The summed E-state index contributed by atoms with van der Waals surface area (Å²) in [6, 6.07) is 10.2. The molecule has 0 saturated heterocycles. The lowest BCUT2D eigenvalue weighted by atomic mass is 10.00. The van der Waals surface area contributed by atoms with Crippen molar-refractivity contribution in [3.63, 3.8) is 0 Å². The molecule has 0 aromatic heterocycles. The molecular formula is C11H8N2O2. The first-order valence-corrected chi connectivity index (χ1v) is 4.29. The number of benzene rings is 1. The quantitative estimate of drug-likeness (QED) is 0.797. The summed E-state index contributed by atoms with van der Waals surface area (Å²) in [5.41, 5.74) is 1.26. The van der Waals surface area contributed by atoms with Gasteiger partial charge in [-0.3, -0.25) is 4.79 Å². The molecule has 4 nitrogen and oxygen atoms in total. The normalized spacial score (nSPS) is 11.1. The van der Waals surface area contributed by atoms with Gasteiger partial charge in [-0.25, -0.2) is 0 Å². The Kier molecular flexibility index (Phi) is 3.43. The van der Waals surface area contributed by atoms with Gasteiger partial charge >= 0.3 is 5.97 Å². The van der Waals surface area contributed by atoms with Crippen molar-refractivity contribution in [2.75, 3.05) is 0 Å². The van der Waals surface area contributed by atoms with Gasteiger partial charge < -0.3 is 5.11 Å². The topological polar surface area (TPSA) is 84.9 Å². The Labute approximate surface area is 87.0 Å². The van der Waals surface area contributed by atoms with E-state index < -0.39 is 11.9 Å². The highest BCUT2D eigenvalue weighted by molar-refractivity contribution is 5.73. The van der Waals surface area contributed by atoms with Crippen molar-refractivity contribution in [2.45, 2.75) is 6.42 Å². The predicted molar refractivity (Wildman–Crippen MR) is 51.6 cm³/mol. The summed E-state index contributed by atoms with van der Waals surface area (Å²) in [6.07, 6.45) is 0.164. The van der Waals surface area contributed by atoms with Crippen LogP contribution in [0.25, 0.3) is 0 Å². The number of hydrogen-bond donors (Lipinski definition) is 1. The molecule has 0 aliphatic heterocycles. The molecule has 1 atom stereocenters. The number of carboxylic acid groups (broad SMARTS) is 1. The molecule has 1 N–H and O–H groups in total. The molecule has 0 spiro atoms. The van der Waals surface area contributed by atoms with E-state index in [9.17, 15) is 4.79 Å². The summed E-state index contributed by atoms with van der Waals surface area (Å²) in [5.74, 6) is -2.15. The zero-order chi connectivity index (χ0) is 11.3. The van der Waals surface area contributed by atoms with Gasteiger partial charge in [-0.2, -0.15) is 10.5 Å². The van der Waals surface area contributed by atoms with Crippen molar-refractivity contribution >= 4 is 5.97 Å². The zero-order valence-corrected chi connectivity index (χ0v) is 7.84. The van der Waals surface area contributed by atoms with Crippen molar-refractivity contribution in [2.24, 2.45) is 5.92 Å². The van der Waals surface area contributed by atoms with Crippen LogP contribution in [0.5, 0.6) is 0 Å². The summed E-state index contributed by atoms with van der Waals surface area (Å²) in [6.45, 7) is 0. The first-order chi connectivity index (χ1) is 7.17. The number of hydrogen-bond acceptors (Lipinski definition) is 3. The SMILES string of the molecule is N#Cc1ccc(C[C@@H](C#N)C(=O)O)cc1. The van der Waals surface area contributed by atoms with E-state index in [0.29, 0.717) is 5.56 Å². The molecule has 0 heterocycles. The van der Waals surface area contributed by atoms with Gasteiger partial charge in [0.05, 0.1) is 17.7 Å². The van der Waals surface area contributed by atoms with E-state index in [1.807, 2.05) is 6.07 Å². The van der Waals surface area contributed by atoms with Crippen LogP contribution in [0, 0.1) is 28.6 Å². The maximum absolute atomic E-state index is 10.6. The first kappa shape index (κ1) is 10.7. The van der Waals surface area contributed by atoms with Crippen molar-refractivity contribution in [3.8, 4) is 12.1 Å². The minimum Gasteiger partial charge on any atom is -0.480 e. The van der Waals surface area contributed by atoms with Gasteiger partial charge in [-0.15, -0.1) is 0 Å². The Balaban J connectivity index is 2.78. The van der Waals surface area contributed by atoms with Crippen LogP contribution < -0.4 is 0 Å². The highest BCUT2D eigenvalue weighted by atomic mass is 16.4. The summed E-state index contributed by atoms with van der Waals surface area (Å²) in [4.78, 5) is 10.6. The monoisotopic (exact) mass is 200 g/mol. The minimum atomic E-state index is -1.12. The minimum absolute atomic E-state index is 0.164. The third kappa shape index (κ3) is 2.82. The number of aliphatic carboxylic acids is 1. The first-order valence-electron chi connectivity index (χ1n) is 4.29. The number of rotatable bonds is 3. The Morgan fingerprint density at radius 1 is 1.33 bits per heavy atom. The molecule has 0 amide bonds. The van der Waals surface area contributed by atoms with E-state index in [2.05, 4.69) is 0 Å². The lowest BCUT2D eigenvalue weighted by molar-refractivity contribution is -0.139. The van der Waals surface area contributed by atoms with Crippen LogP contribution in [0.15, 0.2) is 24.3 Å². The molecule has 0 unspecified atom stereocenters. The van der Waals surface area contributed by atoms with Crippen LogP contribution in [0.3, 0.4) is 0 Å². The average molecular weight is 200 g/mol. The van der Waals surface area contributed by atoms with Crippen molar-refractivity contribution in [1.29, 1.82) is 10.5 Å². The van der Waals surface area contributed by atoms with Gasteiger partial charge in [0.25, 0.3) is 0 Å². The second kappa shape index (κ2) is 4.78. The molecule has 1 rings (SSSR count). The van der Waals surface area contributed by atoms with Crippen LogP contribution in [0.4, 0.5) is 0 Å². The van der Waals surface area contributed by atoms with Gasteiger partial charge in [0.2, 0.25) is 0 Å². The molecule has 0 fully saturated rings.